The summed E-state index contributed by atoms with van der Waals surface area (Å²) in [6, 6.07) is 7.60. The molecule has 1 aromatic carbocycles. The minimum absolute atomic E-state index is 0.214. The van der Waals surface area contributed by atoms with Gasteiger partial charge in [0.1, 0.15) is 5.75 Å². The lowest BCUT2D eigenvalue weighted by Gasteiger charge is -2.08. The van der Waals surface area contributed by atoms with Crippen LogP contribution in [0.25, 0.3) is 11.4 Å². The van der Waals surface area contributed by atoms with Crippen LogP contribution in [0.15, 0.2) is 29.4 Å². The van der Waals surface area contributed by atoms with Crippen LogP contribution < -0.4 is 4.74 Å². The van der Waals surface area contributed by atoms with Crippen LogP contribution in [0.3, 0.4) is 0 Å². The second-order valence-electron chi connectivity index (χ2n) is 4.16. The topological polar surface area (TPSA) is 66.2 Å². The van der Waals surface area contributed by atoms with E-state index in [-0.39, 0.29) is 11.7 Å². The molecule has 1 heterocycles. The van der Waals surface area contributed by atoms with E-state index in [0.29, 0.717) is 17.6 Å². The highest BCUT2D eigenvalue weighted by Gasteiger charge is 2.15. The molecule has 0 N–H and O–H groups in total. The number of hydrogen-bond donors (Lipinski definition) is 0. The lowest BCUT2D eigenvalue weighted by Crippen LogP contribution is -2.07. The number of ether oxygens (including phenoxy) is 2. The third-order valence-electron chi connectivity index (χ3n) is 2.81. The summed E-state index contributed by atoms with van der Waals surface area (Å²) in [5.74, 6) is 1.38. The van der Waals surface area contributed by atoms with E-state index in [1.54, 1.807) is 14.0 Å². The molecule has 0 aliphatic heterocycles. The molecule has 1 aromatic heterocycles. The van der Waals surface area contributed by atoms with Crippen molar-refractivity contribution < 1.29 is 14.3 Å². The van der Waals surface area contributed by atoms with E-state index in [2.05, 4.69) is 10.2 Å². The number of para-hydroxylation sites is 1. The zero-order chi connectivity index (χ0) is 15.2. The van der Waals surface area contributed by atoms with Crippen LogP contribution in [0.5, 0.6) is 5.75 Å². The van der Waals surface area contributed by atoms with Crippen molar-refractivity contribution in [3.8, 4) is 17.1 Å². The minimum Gasteiger partial charge on any atom is -0.496 e. The Bertz CT molecular complexity index is 628. The van der Waals surface area contributed by atoms with Gasteiger partial charge in [0.05, 0.1) is 25.0 Å². The van der Waals surface area contributed by atoms with Gasteiger partial charge < -0.3 is 14.0 Å². The largest absolute Gasteiger partial charge is 0.496 e. The summed E-state index contributed by atoms with van der Waals surface area (Å²) >= 11 is 1.30. The maximum Gasteiger partial charge on any atom is 0.316 e. The molecule has 0 atom stereocenters. The van der Waals surface area contributed by atoms with Crippen LogP contribution in [0, 0.1) is 0 Å². The van der Waals surface area contributed by atoms with E-state index < -0.39 is 0 Å². The van der Waals surface area contributed by atoms with Crippen molar-refractivity contribution in [2.75, 3.05) is 19.5 Å². The molecule has 0 aliphatic rings. The Labute approximate surface area is 127 Å². The SMILES string of the molecule is CCOC(=O)CSc1nnc(-c2ccccc2OC)n1C. The molecular weight excluding hydrogens is 290 g/mol. The molecule has 112 valence electrons. The number of aromatic nitrogens is 3. The first-order valence-corrected chi connectivity index (χ1v) is 7.47. The fraction of sp³-hybridized carbons (Fsp3) is 0.357. The molecule has 0 saturated heterocycles. The van der Waals surface area contributed by atoms with Gasteiger partial charge in [0, 0.05) is 7.05 Å². The van der Waals surface area contributed by atoms with Gasteiger partial charge >= 0.3 is 5.97 Å². The van der Waals surface area contributed by atoms with Crippen molar-refractivity contribution in [1.29, 1.82) is 0 Å². The number of rotatable bonds is 6. The van der Waals surface area contributed by atoms with E-state index >= 15 is 0 Å². The second kappa shape index (κ2) is 7.12. The van der Waals surface area contributed by atoms with Crippen LogP contribution in [0.2, 0.25) is 0 Å². The van der Waals surface area contributed by atoms with Gasteiger partial charge in [-0.25, -0.2) is 0 Å². The molecule has 0 fully saturated rings. The molecular formula is C14H17N3O3S. The summed E-state index contributed by atoms with van der Waals surface area (Å²) in [6.07, 6.45) is 0. The monoisotopic (exact) mass is 307 g/mol. The maximum atomic E-state index is 11.4. The molecule has 0 saturated carbocycles. The number of nitrogens with zero attached hydrogens (tertiary/aromatic N) is 3. The van der Waals surface area contributed by atoms with Gasteiger partial charge in [-0.3, -0.25) is 4.79 Å². The molecule has 2 aromatic rings. The number of carbonyl (C=O) groups is 1. The predicted molar refractivity (Wildman–Crippen MR) is 80.3 cm³/mol. The van der Waals surface area contributed by atoms with Crippen LogP contribution in [-0.2, 0) is 16.6 Å². The van der Waals surface area contributed by atoms with E-state index in [0.717, 1.165) is 11.3 Å². The molecule has 6 nitrogen and oxygen atoms in total. The molecule has 0 spiro atoms. The van der Waals surface area contributed by atoms with Gasteiger partial charge in [0.15, 0.2) is 11.0 Å². The fourth-order valence-electron chi connectivity index (χ4n) is 1.83. The summed E-state index contributed by atoms with van der Waals surface area (Å²) in [5, 5.41) is 8.95. The molecule has 7 heteroatoms. The summed E-state index contributed by atoms with van der Waals surface area (Å²) in [6.45, 7) is 2.16. The molecule has 0 amide bonds. The van der Waals surface area contributed by atoms with Crippen LogP contribution in [0.4, 0.5) is 0 Å². The highest BCUT2D eigenvalue weighted by molar-refractivity contribution is 7.99. The van der Waals surface area contributed by atoms with Crippen molar-refractivity contribution >= 4 is 17.7 Å². The lowest BCUT2D eigenvalue weighted by molar-refractivity contribution is -0.139. The van der Waals surface area contributed by atoms with Gasteiger partial charge in [0.2, 0.25) is 0 Å². The standard InChI is InChI=1S/C14H17N3O3S/c1-4-20-12(18)9-21-14-16-15-13(17(14)2)10-7-5-6-8-11(10)19-3/h5-8H,4,9H2,1-3H3. The molecule has 2 rings (SSSR count). The van der Waals surface area contributed by atoms with Gasteiger partial charge in [0.25, 0.3) is 0 Å². The first-order valence-electron chi connectivity index (χ1n) is 6.48. The molecule has 0 radical (unpaired) electrons. The van der Waals surface area contributed by atoms with Gasteiger partial charge in [-0.05, 0) is 19.1 Å². The fourth-order valence-corrected chi connectivity index (χ4v) is 2.54. The highest BCUT2D eigenvalue weighted by atomic mass is 32.2. The van der Waals surface area contributed by atoms with Crippen LogP contribution >= 0.6 is 11.8 Å². The average molecular weight is 307 g/mol. The Kier molecular flexibility index (Phi) is 5.21. The predicted octanol–water partition coefficient (Wildman–Crippen LogP) is 2.15. The van der Waals surface area contributed by atoms with Crippen molar-refractivity contribution in [1.82, 2.24) is 14.8 Å². The Balaban J connectivity index is 2.19. The lowest BCUT2D eigenvalue weighted by atomic mass is 10.2. The average Bonchev–Trinajstić information content (AvgIpc) is 2.86. The third-order valence-corrected chi connectivity index (χ3v) is 3.80. The quantitative estimate of drug-likeness (QED) is 0.602. The normalized spacial score (nSPS) is 10.4. The van der Waals surface area contributed by atoms with Crippen molar-refractivity contribution in [2.24, 2.45) is 7.05 Å². The number of methoxy groups -OCH3 is 1. The molecule has 0 bridgehead atoms. The Morgan fingerprint density at radius 3 is 2.81 bits per heavy atom. The third kappa shape index (κ3) is 3.55. The van der Waals surface area contributed by atoms with E-state index in [1.165, 1.54) is 11.8 Å². The van der Waals surface area contributed by atoms with Gasteiger partial charge in [-0.15, -0.1) is 10.2 Å². The van der Waals surface area contributed by atoms with Crippen LogP contribution in [0.1, 0.15) is 6.92 Å². The Hall–Kier alpha value is -2.02. The van der Waals surface area contributed by atoms with Crippen molar-refractivity contribution in [2.45, 2.75) is 12.1 Å². The zero-order valence-corrected chi connectivity index (χ0v) is 13.0. The number of hydrogen-bond acceptors (Lipinski definition) is 6. The summed E-state index contributed by atoms with van der Waals surface area (Å²) in [4.78, 5) is 11.4. The smallest absolute Gasteiger partial charge is 0.316 e. The van der Waals surface area contributed by atoms with E-state index in [4.69, 9.17) is 9.47 Å². The van der Waals surface area contributed by atoms with Crippen LogP contribution in [-0.4, -0.2) is 40.2 Å². The highest BCUT2D eigenvalue weighted by Crippen LogP contribution is 2.29. The maximum absolute atomic E-state index is 11.4. The van der Waals surface area contributed by atoms with Crippen molar-refractivity contribution in [3.05, 3.63) is 24.3 Å². The first-order chi connectivity index (χ1) is 10.2. The van der Waals surface area contributed by atoms with Crippen molar-refractivity contribution in [3.63, 3.8) is 0 Å². The molecule has 0 unspecified atom stereocenters. The number of carbonyl (C=O) groups excluding carboxylic acids is 1. The minimum atomic E-state index is -0.260. The number of esters is 1. The zero-order valence-electron chi connectivity index (χ0n) is 12.2. The first kappa shape index (κ1) is 15.4. The van der Waals surface area contributed by atoms with E-state index in [1.807, 2.05) is 35.9 Å². The molecule has 21 heavy (non-hydrogen) atoms. The Morgan fingerprint density at radius 1 is 1.33 bits per heavy atom. The summed E-state index contributed by atoms with van der Waals surface area (Å²) in [5.41, 5.74) is 0.859. The number of benzene rings is 1. The summed E-state index contributed by atoms with van der Waals surface area (Å²) < 4.78 is 12.1. The summed E-state index contributed by atoms with van der Waals surface area (Å²) in [7, 11) is 3.47. The number of thioether (sulfide) groups is 1. The van der Waals surface area contributed by atoms with Gasteiger partial charge in [-0.1, -0.05) is 23.9 Å². The Morgan fingerprint density at radius 2 is 2.10 bits per heavy atom. The van der Waals surface area contributed by atoms with Gasteiger partial charge in [-0.2, -0.15) is 0 Å². The molecule has 0 aliphatic carbocycles. The second-order valence-corrected chi connectivity index (χ2v) is 5.10. The van der Waals surface area contributed by atoms with E-state index in [9.17, 15) is 4.79 Å².